The number of nitrogens with zero attached hydrogens (tertiary/aromatic N) is 5. The quantitative estimate of drug-likeness (QED) is 0.833. The minimum absolute atomic E-state index is 0.132. The van der Waals surface area contributed by atoms with Gasteiger partial charge < -0.3 is 15.5 Å². The molecule has 1 aromatic heterocycles. The van der Waals surface area contributed by atoms with Gasteiger partial charge in [-0.15, -0.1) is 0 Å². The van der Waals surface area contributed by atoms with Gasteiger partial charge in [-0.05, 0) is 24.6 Å². The van der Waals surface area contributed by atoms with Crippen LogP contribution in [0, 0.1) is 6.92 Å². The first-order valence-electron chi connectivity index (χ1n) is 9.35. The highest BCUT2D eigenvalue weighted by Crippen LogP contribution is 2.18. The smallest absolute Gasteiger partial charge is 0.223 e. The number of hydrogen-bond acceptors (Lipinski definition) is 6. The summed E-state index contributed by atoms with van der Waals surface area (Å²) in [7, 11) is 1.81. The highest BCUT2D eigenvalue weighted by molar-refractivity contribution is 5.76. The lowest BCUT2D eigenvalue weighted by molar-refractivity contribution is -0.130. The molecule has 2 aromatic rings. The average molecular weight is 368 g/mol. The van der Waals surface area contributed by atoms with Crippen LogP contribution in [0.15, 0.2) is 36.7 Å². The Morgan fingerprint density at radius 1 is 1.19 bits per heavy atom. The van der Waals surface area contributed by atoms with Gasteiger partial charge in [0.15, 0.2) is 0 Å². The van der Waals surface area contributed by atoms with E-state index in [1.54, 1.807) is 17.3 Å². The molecule has 0 radical (unpaired) electrons. The molecule has 2 heterocycles. The van der Waals surface area contributed by atoms with Gasteiger partial charge in [0.05, 0.1) is 0 Å². The van der Waals surface area contributed by atoms with Crippen LogP contribution >= 0.6 is 0 Å². The summed E-state index contributed by atoms with van der Waals surface area (Å²) in [4.78, 5) is 26.8. The number of rotatable bonds is 6. The molecule has 7 nitrogen and oxygen atoms in total. The van der Waals surface area contributed by atoms with E-state index < -0.39 is 0 Å². The molecule has 0 spiro atoms. The number of aromatic nitrogens is 2. The van der Waals surface area contributed by atoms with E-state index in [0.29, 0.717) is 13.0 Å². The molecule has 2 N–H and O–H groups in total. The summed E-state index contributed by atoms with van der Waals surface area (Å²) in [6.45, 7) is 7.38. The number of nitrogen functional groups attached to an aromatic ring is 1. The SMILES string of the molecule is Cc1cccc(N2CCN(CCC(=O)N(C)Cc3cnc(N)nc3)CC2)c1. The van der Waals surface area contributed by atoms with E-state index in [0.717, 1.165) is 38.3 Å². The maximum absolute atomic E-state index is 12.4. The van der Waals surface area contributed by atoms with Crippen molar-refractivity contribution in [1.29, 1.82) is 0 Å². The van der Waals surface area contributed by atoms with E-state index in [9.17, 15) is 4.79 Å². The topological polar surface area (TPSA) is 78.6 Å². The molecular weight excluding hydrogens is 340 g/mol. The predicted octanol–water partition coefficient (Wildman–Crippen LogP) is 1.54. The van der Waals surface area contributed by atoms with Crippen LogP contribution in [-0.2, 0) is 11.3 Å². The van der Waals surface area contributed by atoms with Gasteiger partial charge in [0, 0.05) is 76.4 Å². The van der Waals surface area contributed by atoms with Crippen LogP contribution in [0.3, 0.4) is 0 Å². The number of amides is 1. The molecule has 27 heavy (non-hydrogen) atoms. The molecular formula is C20H28N6O. The highest BCUT2D eigenvalue weighted by atomic mass is 16.2. The first-order chi connectivity index (χ1) is 13.0. The fourth-order valence-electron chi connectivity index (χ4n) is 3.31. The summed E-state index contributed by atoms with van der Waals surface area (Å²) in [5.41, 5.74) is 8.95. The fraction of sp³-hybridized carbons (Fsp3) is 0.450. The van der Waals surface area contributed by atoms with Crippen molar-refractivity contribution < 1.29 is 4.79 Å². The Morgan fingerprint density at radius 3 is 2.56 bits per heavy atom. The normalized spacial score (nSPS) is 15.0. The van der Waals surface area contributed by atoms with E-state index >= 15 is 0 Å². The number of carbonyl (C=O) groups is 1. The molecule has 0 aliphatic carbocycles. The second-order valence-corrected chi connectivity index (χ2v) is 7.12. The van der Waals surface area contributed by atoms with E-state index in [4.69, 9.17) is 5.73 Å². The molecule has 1 aromatic carbocycles. The molecule has 1 amide bonds. The van der Waals surface area contributed by atoms with Gasteiger partial charge in [0.25, 0.3) is 0 Å². The van der Waals surface area contributed by atoms with Gasteiger partial charge in [0.1, 0.15) is 0 Å². The van der Waals surface area contributed by atoms with Crippen LogP contribution in [0.25, 0.3) is 0 Å². The monoisotopic (exact) mass is 368 g/mol. The highest BCUT2D eigenvalue weighted by Gasteiger charge is 2.19. The Kier molecular flexibility index (Phi) is 6.24. The van der Waals surface area contributed by atoms with Crippen LogP contribution in [0.1, 0.15) is 17.5 Å². The number of benzene rings is 1. The van der Waals surface area contributed by atoms with Crippen molar-refractivity contribution in [2.75, 3.05) is 50.4 Å². The van der Waals surface area contributed by atoms with Crippen molar-refractivity contribution in [2.45, 2.75) is 19.9 Å². The molecule has 1 aliphatic rings. The molecule has 1 aliphatic heterocycles. The standard InChI is InChI=1S/C20H28N6O/c1-16-4-3-5-18(12-16)26-10-8-25(9-11-26)7-6-19(27)24(2)15-17-13-22-20(21)23-14-17/h3-5,12-14H,6-11,15H2,1-2H3,(H2,21,22,23). The minimum Gasteiger partial charge on any atom is -0.369 e. The van der Waals surface area contributed by atoms with E-state index in [1.807, 2.05) is 7.05 Å². The van der Waals surface area contributed by atoms with E-state index in [1.165, 1.54) is 11.3 Å². The Balaban J connectivity index is 1.41. The van der Waals surface area contributed by atoms with Gasteiger partial charge in [-0.25, -0.2) is 9.97 Å². The summed E-state index contributed by atoms with van der Waals surface area (Å²) in [6.07, 6.45) is 3.85. The van der Waals surface area contributed by atoms with E-state index in [2.05, 4.69) is 51.0 Å². The maximum Gasteiger partial charge on any atom is 0.223 e. The van der Waals surface area contributed by atoms with Gasteiger partial charge in [-0.2, -0.15) is 0 Å². The molecule has 1 fully saturated rings. The zero-order valence-corrected chi connectivity index (χ0v) is 16.1. The lowest BCUT2D eigenvalue weighted by atomic mass is 10.2. The zero-order chi connectivity index (χ0) is 19.2. The van der Waals surface area contributed by atoms with Gasteiger partial charge in [-0.1, -0.05) is 12.1 Å². The first-order valence-corrected chi connectivity index (χ1v) is 9.35. The number of piperazine rings is 1. The average Bonchev–Trinajstić information content (AvgIpc) is 2.68. The zero-order valence-electron chi connectivity index (χ0n) is 16.1. The van der Waals surface area contributed by atoms with Crippen LogP contribution in [0.5, 0.6) is 0 Å². The lowest BCUT2D eigenvalue weighted by Crippen LogP contribution is -2.47. The summed E-state index contributed by atoms with van der Waals surface area (Å²) in [6, 6.07) is 8.63. The van der Waals surface area contributed by atoms with E-state index in [-0.39, 0.29) is 11.9 Å². The van der Waals surface area contributed by atoms with Gasteiger partial charge >= 0.3 is 0 Å². The summed E-state index contributed by atoms with van der Waals surface area (Å²) in [5.74, 6) is 0.380. The van der Waals surface area contributed by atoms with Crippen molar-refractivity contribution in [1.82, 2.24) is 19.8 Å². The molecule has 0 saturated carbocycles. The molecule has 3 rings (SSSR count). The van der Waals surface area contributed by atoms with Crippen LogP contribution in [0.4, 0.5) is 11.6 Å². The summed E-state index contributed by atoms with van der Waals surface area (Å²) in [5, 5.41) is 0. The molecule has 144 valence electrons. The van der Waals surface area contributed by atoms with Crippen molar-refractivity contribution in [3.63, 3.8) is 0 Å². The third kappa shape index (κ3) is 5.40. The first kappa shape index (κ1) is 19.1. The third-order valence-electron chi connectivity index (χ3n) is 4.95. The molecule has 0 unspecified atom stereocenters. The second-order valence-electron chi connectivity index (χ2n) is 7.12. The maximum atomic E-state index is 12.4. The number of carbonyl (C=O) groups excluding carboxylic acids is 1. The predicted molar refractivity (Wildman–Crippen MR) is 107 cm³/mol. The van der Waals surface area contributed by atoms with Crippen LogP contribution < -0.4 is 10.6 Å². The lowest BCUT2D eigenvalue weighted by Gasteiger charge is -2.36. The second kappa shape index (κ2) is 8.81. The Bertz CT molecular complexity index is 755. The minimum atomic E-state index is 0.132. The number of aryl methyl sites for hydroxylation is 1. The Morgan fingerprint density at radius 2 is 1.89 bits per heavy atom. The van der Waals surface area contributed by atoms with Crippen molar-refractivity contribution in [2.24, 2.45) is 0 Å². The van der Waals surface area contributed by atoms with Crippen molar-refractivity contribution in [3.8, 4) is 0 Å². The fourth-order valence-corrected chi connectivity index (χ4v) is 3.31. The number of anilines is 2. The van der Waals surface area contributed by atoms with Crippen LogP contribution in [-0.4, -0.2) is 65.4 Å². The number of nitrogens with two attached hydrogens (primary N) is 1. The summed E-state index contributed by atoms with van der Waals surface area (Å²) >= 11 is 0. The molecule has 0 atom stereocenters. The summed E-state index contributed by atoms with van der Waals surface area (Å²) < 4.78 is 0. The largest absolute Gasteiger partial charge is 0.369 e. The van der Waals surface area contributed by atoms with Gasteiger partial charge in [0.2, 0.25) is 11.9 Å². The number of hydrogen-bond donors (Lipinski definition) is 1. The Hall–Kier alpha value is -2.67. The van der Waals surface area contributed by atoms with Crippen molar-refractivity contribution >= 4 is 17.5 Å². The molecule has 1 saturated heterocycles. The Labute approximate surface area is 160 Å². The van der Waals surface area contributed by atoms with Crippen LogP contribution in [0.2, 0.25) is 0 Å². The van der Waals surface area contributed by atoms with Crippen molar-refractivity contribution in [3.05, 3.63) is 47.8 Å². The third-order valence-corrected chi connectivity index (χ3v) is 4.95. The molecule has 7 heteroatoms. The van der Waals surface area contributed by atoms with Gasteiger partial charge in [-0.3, -0.25) is 9.69 Å². The molecule has 0 bridgehead atoms.